The molecular weight excluding hydrogens is 277 g/mol. The number of hydrogen-bond acceptors (Lipinski definition) is 3. The maximum atomic E-state index is 12.1. The molecule has 0 radical (unpaired) electrons. The number of hydrogen-bond donors (Lipinski definition) is 0. The van der Waals surface area contributed by atoms with Crippen LogP contribution < -0.4 is 0 Å². The molecule has 0 bridgehead atoms. The van der Waals surface area contributed by atoms with Crippen molar-refractivity contribution >= 4 is 17.3 Å². The highest BCUT2D eigenvalue weighted by Gasteiger charge is 2.30. The predicted molar refractivity (Wildman–Crippen MR) is 67.1 cm³/mol. The van der Waals surface area contributed by atoms with Gasteiger partial charge in [0.15, 0.2) is 0 Å². The summed E-state index contributed by atoms with van der Waals surface area (Å²) >= 11 is 1.71. The van der Waals surface area contributed by atoms with Crippen LogP contribution in [0.3, 0.4) is 0 Å². The van der Waals surface area contributed by atoms with Crippen molar-refractivity contribution in [2.45, 2.75) is 6.18 Å². The zero-order valence-corrected chi connectivity index (χ0v) is 10.8. The van der Waals surface area contributed by atoms with Gasteiger partial charge in [0.05, 0.1) is 18.2 Å². The highest BCUT2D eigenvalue weighted by Crippen LogP contribution is 2.29. The van der Waals surface area contributed by atoms with Crippen LogP contribution in [-0.2, 0) is 10.9 Å². The zero-order chi connectivity index (χ0) is 14.3. The van der Waals surface area contributed by atoms with Gasteiger partial charge in [-0.25, -0.2) is 4.79 Å². The van der Waals surface area contributed by atoms with E-state index in [-0.39, 0.29) is 5.56 Å². The summed E-state index contributed by atoms with van der Waals surface area (Å²) in [6.07, 6.45) is -4.38. The van der Waals surface area contributed by atoms with E-state index in [0.717, 1.165) is 24.3 Å². The fourth-order valence-electron chi connectivity index (χ4n) is 1.14. The van der Waals surface area contributed by atoms with E-state index in [2.05, 4.69) is 4.74 Å². The molecule has 0 spiro atoms. The molecular formula is C13H11F3O2S. The summed E-state index contributed by atoms with van der Waals surface area (Å²) < 4.78 is 40.6. The average molecular weight is 288 g/mol. The van der Waals surface area contributed by atoms with E-state index in [1.807, 2.05) is 22.9 Å². The number of esters is 1. The zero-order valence-electron chi connectivity index (χ0n) is 9.98. The first-order chi connectivity index (χ1) is 8.95. The lowest BCUT2D eigenvalue weighted by Gasteiger charge is -2.06. The van der Waals surface area contributed by atoms with Gasteiger partial charge >= 0.3 is 12.1 Å². The second-order valence-corrected chi connectivity index (χ2v) is 4.18. The van der Waals surface area contributed by atoms with Gasteiger partial charge in [-0.15, -0.1) is 0 Å². The number of thiophene rings is 1. The molecule has 1 aromatic carbocycles. The molecule has 2 rings (SSSR count). The van der Waals surface area contributed by atoms with Crippen molar-refractivity contribution in [3.8, 4) is 0 Å². The minimum absolute atomic E-state index is 0.0977. The Morgan fingerprint density at radius 2 is 1.63 bits per heavy atom. The molecule has 0 unspecified atom stereocenters. The molecule has 0 fully saturated rings. The average Bonchev–Trinajstić information content (AvgIpc) is 2.96. The van der Waals surface area contributed by atoms with Crippen LogP contribution in [-0.4, -0.2) is 13.1 Å². The number of rotatable bonds is 1. The Kier molecular flexibility index (Phi) is 5.57. The molecule has 0 N–H and O–H groups in total. The van der Waals surface area contributed by atoms with Crippen LogP contribution in [0.4, 0.5) is 13.2 Å². The van der Waals surface area contributed by atoms with Crippen molar-refractivity contribution in [2.75, 3.05) is 7.11 Å². The topological polar surface area (TPSA) is 26.3 Å². The first kappa shape index (κ1) is 15.2. The van der Waals surface area contributed by atoms with Gasteiger partial charge in [0.1, 0.15) is 0 Å². The van der Waals surface area contributed by atoms with Crippen LogP contribution in [0.25, 0.3) is 0 Å². The largest absolute Gasteiger partial charge is 0.465 e. The van der Waals surface area contributed by atoms with Gasteiger partial charge in [0, 0.05) is 0 Å². The van der Waals surface area contributed by atoms with E-state index < -0.39 is 17.7 Å². The Bertz CT molecular complexity index is 472. The molecule has 0 saturated heterocycles. The maximum absolute atomic E-state index is 12.1. The van der Waals surface area contributed by atoms with E-state index in [0.29, 0.717) is 0 Å². The Balaban J connectivity index is 0.000000300. The monoisotopic (exact) mass is 288 g/mol. The number of ether oxygens (including phenoxy) is 1. The van der Waals surface area contributed by atoms with Crippen LogP contribution in [0.1, 0.15) is 15.9 Å². The molecule has 0 aliphatic carbocycles. The van der Waals surface area contributed by atoms with Crippen LogP contribution >= 0.6 is 11.3 Å². The molecule has 2 nitrogen and oxygen atoms in total. The van der Waals surface area contributed by atoms with Gasteiger partial charge in [-0.3, -0.25) is 0 Å². The fourth-order valence-corrected chi connectivity index (χ4v) is 1.59. The molecule has 6 heteroatoms. The number of carbonyl (C=O) groups is 1. The van der Waals surface area contributed by atoms with Gasteiger partial charge in [0.2, 0.25) is 0 Å². The summed E-state index contributed by atoms with van der Waals surface area (Å²) in [5.74, 6) is -0.654. The Labute approximate surface area is 112 Å². The van der Waals surface area contributed by atoms with Crippen LogP contribution in [0.5, 0.6) is 0 Å². The van der Waals surface area contributed by atoms with Gasteiger partial charge in [-0.2, -0.15) is 24.5 Å². The van der Waals surface area contributed by atoms with E-state index in [4.69, 9.17) is 0 Å². The maximum Gasteiger partial charge on any atom is 0.416 e. The SMILES string of the molecule is COC(=O)c1ccc(C(F)(F)F)cc1.c1ccsc1. The van der Waals surface area contributed by atoms with Crippen LogP contribution in [0.2, 0.25) is 0 Å². The third kappa shape index (κ3) is 5.13. The molecule has 0 atom stereocenters. The number of methoxy groups -OCH3 is 1. The van der Waals surface area contributed by atoms with E-state index in [1.165, 1.54) is 7.11 Å². The van der Waals surface area contributed by atoms with Crippen molar-refractivity contribution in [3.05, 3.63) is 58.3 Å². The Morgan fingerprint density at radius 1 is 1.11 bits per heavy atom. The lowest BCUT2D eigenvalue weighted by Crippen LogP contribution is -2.06. The number of carbonyl (C=O) groups excluding carboxylic acids is 1. The van der Waals surface area contributed by atoms with Gasteiger partial charge in [-0.1, -0.05) is 12.1 Å². The summed E-state index contributed by atoms with van der Waals surface area (Å²) in [6, 6.07) is 7.87. The van der Waals surface area contributed by atoms with Crippen molar-refractivity contribution in [2.24, 2.45) is 0 Å². The Morgan fingerprint density at radius 3 is 1.95 bits per heavy atom. The fraction of sp³-hybridized carbons (Fsp3) is 0.154. The van der Waals surface area contributed by atoms with Crippen molar-refractivity contribution < 1.29 is 22.7 Å². The predicted octanol–water partition coefficient (Wildman–Crippen LogP) is 4.24. The smallest absolute Gasteiger partial charge is 0.416 e. The minimum atomic E-state index is -4.38. The molecule has 1 aromatic heterocycles. The minimum Gasteiger partial charge on any atom is -0.465 e. The highest BCUT2D eigenvalue weighted by molar-refractivity contribution is 7.07. The Hall–Kier alpha value is -1.82. The van der Waals surface area contributed by atoms with Gasteiger partial charge < -0.3 is 4.74 Å². The van der Waals surface area contributed by atoms with Gasteiger partial charge in [-0.05, 0) is 35.0 Å². The van der Waals surface area contributed by atoms with Crippen molar-refractivity contribution in [1.29, 1.82) is 0 Å². The lowest BCUT2D eigenvalue weighted by atomic mass is 10.1. The summed E-state index contributed by atoms with van der Waals surface area (Å²) in [7, 11) is 1.17. The number of benzene rings is 1. The summed E-state index contributed by atoms with van der Waals surface area (Å²) in [5.41, 5.74) is -0.689. The molecule has 0 saturated carbocycles. The summed E-state index contributed by atoms with van der Waals surface area (Å²) in [4.78, 5) is 10.9. The summed E-state index contributed by atoms with van der Waals surface area (Å²) in [6.45, 7) is 0. The second kappa shape index (κ2) is 6.94. The number of halogens is 3. The number of alkyl halides is 3. The van der Waals surface area contributed by atoms with E-state index >= 15 is 0 Å². The van der Waals surface area contributed by atoms with Crippen LogP contribution in [0.15, 0.2) is 47.2 Å². The van der Waals surface area contributed by atoms with Crippen LogP contribution in [0, 0.1) is 0 Å². The highest BCUT2D eigenvalue weighted by atomic mass is 32.1. The molecule has 0 aliphatic heterocycles. The molecule has 102 valence electrons. The third-order valence-electron chi connectivity index (χ3n) is 2.06. The lowest BCUT2D eigenvalue weighted by molar-refractivity contribution is -0.137. The molecule has 0 aliphatic rings. The van der Waals surface area contributed by atoms with Crippen molar-refractivity contribution in [1.82, 2.24) is 0 Å². The molecule has 19 heavy (non-hydrogen) atoms. The van der Waals surface area contributed by atoms with E-state index in [9.17, 15) is 18.0 Å². The first-order valence-electron chi connectivity index (χ1n) is 5.18. The molecule has 1 heterocycles. The van der Waals surface area contributed by atoms with Gasteiger partial charge in [0.25, 0.3) is 0 Å². The normalized spacial score (nSPS) is 10.3. The van der Waals surface area contributed by atoms with E-state index in [1.54, 1.807) is 11.3 Å². The molecule has 0 amide bonds. The van der Waals surface area contributed by atoms with Crippen molar-refractivity contribution in [3.63, 3.8) is 0 Å². The first-order valence-corrected chi connectivity index (χ1v) is 6.12. The second-order valence-electron chi connectivity index (χ2n) is 3.36. The molecule has 2 aromatic rings. The third-order valence-corrected chi connectivity index (χ3v) is 2.69. The standard InChI is InChI=1S/C9H7F3O2.C4H4S/c1-14-8(13)6-2-4-7(5-3-6)9(10,11)12;1-2-4-5-3-1/h2-5H,1H3;1-4H. The quantitative estimate of drug-likeness (QED) is 0.734. The summed E-state index contributed by atoms with van der Waals surface area (Å²) in [5, 5.41) is 4.08.